The number of benzene rings is 1. The highest BCUT2D eigenvalue weighted by Gasteiger charge is 2.26. The van der Waals surface area contributed by atoms with Crippen LogP contribution in [0.3, 0.4) is 0 Å². The maximum absolute atomic E-state index is 11.8. The van der Waals surface area contributed by atoms with Gasteiger partial charge in [-0.3, -0.25) is 4.79 Å². The Morgan fingerprint density at radius 2 is 2.00 bits per heavy atom. The molecule has 0 atom stereocenters. The van der Waals surface area contributed by atoms with Gasteiger partial charge in [0.1, 0.15) is 0 Å². The first-order valence-corrected chi connectivity index (χ1v) is 6.21. The third-order valence-corrected chi connectivity index (χ3v) is 2.70. The third kappa shape index (κ3) is 3.24. The topological polar surface area (TPSA) is 61.8 Å². The van der Waals surface area contributed by atoms with Gasteiger partial charge >= 0.3 is 5.97 Å². The number of esters is 1. The maximum atomic E-state index is 11.8. The largest absolute Gasteiger partial charge is 0.493 e. The number of rotatable bonds is 6. The average Bonchev–Trinajstić information content (AvgIpc) is 3.22. The van der Waals surface area contributed by atoms with E-state index in [0.717, 1.165) is 12.8 Å². The zero-order valence-electron chi connectivity index (χ0n) is 11.0. The third-order valence-electron chi connectivity index (χ3n) is 2.70. The zero-order chi connectivity index (χ0) is 13.8. The van der Waals surface area contributed by atoms with Gasteiger partial charge < -0.3 is 14.2 Å². The molecular formula is C14H16O5. The van der Waals surface area contributed by atoms with Crippen LogP contribution in [-0.2, 0) is 9.53 Å². The maximum Gasteiger partial charge on any atom is 0.379 e. The number of ketones is 1. The van der Waals surface area contributed by atoms with Crippen molar-refractivity contribution in [2.45, 2.75) is 25.9 Å². The van der Waals surface area contributed by atoms with E-state index in [-0.39, 0.29) is 18.3 Å². The predicted molar refractivity (Wildman–Crippen MR) is 67.6 cm³/mol. The van der Waals surface area contributed by atoms with E-state index in [1.165, 1.54) is 19.2 Å². The van der Waals surface area contributed by atoms with Gasteiger partial charge in [-0.2, -0.15) is 0 Å². The highest BCUT2D eigenvalue weighted by Crippen LogP contribution is 2.34. The van der Waals surface area contributed by atoms with Crippen molar-refractivity contribution < 1.29 is 23.8 Å². The van der Waals surface area contributed by atoms with Crippen LogP contribution in [0.5, 0.6) is 11.5 Å². The molecule has 0 N–H and O–H groups in total. The molecule has 0 radical (unpaired) electrons. The summed E-state index contributed by atoms with van der Waals surface area (Å²) >= 11 is 0. The molecule has 0 unspecified atom stereocenters. The van der Waals surface area contributed by atoms with Crippen LogP contribution in [0.4, 0.5) is 0 Å². The van der Waals surface area contributed by atoms with Gasteiger partial charge in [-0.15, -0.1) is 0 Å². The van der Waals surface area contributed by atoms with Gasteiger partial charge in [-0.1, -0.05) is 0 Å². The molecular weight excluding hydrogens is 248 g/mol. The highest BCUT2D eigenvalue weighted by atomic mass is 16.5. The molecule has 0 bridgehead atoms. The molecule has 1 saturated carbocycles. The second-order valence-electron chi connectivity index (χ2n) is 4.23. The summed E-state index contributed by atoms with van der Waals surface area (Å²) in [6.45, 7) is 1.83. The van der Waals surface area contributed by atoms with Gasteiger partial charge in [0.2, 0.25) is 0 Å². The Labute approximate surface area is 111 Å². The molecule has 102 valence electrons. The summed E-state index contributed by atoms with van der Waals surface area (Å²) in [6.07, 6.45) is 2.18. The molecule has 5 heteroatoms. The molecule has 1 aromatic carbocycles. The lowest BCUT2D eigenvalue weighted by Gasteiger charge is -2.11. The fraction of sp³-hybridized carbons (Fsp3) is 0.429. The van der Waals surface area contributed by atoms with Gasteiger partial charge in [0, 0.05) is 5.56 Å². The van der Waals surface area contributed by atoms with Crippen molar-refractivity contribution in [1.82, 2.24) is 0 Å². The molecule has 1 aromatic rings. The Morgan fingerprint density at radius 3 is 2.58 bits per heavy atom. The summed E-state index contributed by atoms with van der Waals surface area (Å²) in [6, 6.07) is 4.67. The van der Waals surface area contributed by atoms with Crippen LogP contribution in [0.15, 0.2) is 18.2 Å². The highest BCUT2D eigenvalue weighted by molar-refractivity contribution is 6.40. The first-order chi connectivity index (χ1) is 9.15. The standard InChI is InChI=1S/C14H16O5/c1-3-18-14(16)13(15)9-4-7-11(17-2)12(8-9)19-10-5-6-10/h4,7-8,10H,3,5-6H2,1-2H3. The molecule has 0 aromatic heterocycles. The Balaban J connectivity index is 2.20. The first-order valence-electron chi connectivity index (χ1n) is 6.21. The number of carbonyl (C=O) groups is 2. The lowest BCUT2D eigenvalue weighted by atomic mass is 10.1. The smallest absolute Gasteiger partial charge is 0.379 e. The molecule has 0 spiro atoms. The zero-order valence-corrected chi connectivity index (χ0v) is 11.0. The number of ether oxygens (including phenoxy) is 3. The number of hydrogen-bond acceptors (Lipinski definition) is 5. The van der Waals surface area contributed by atoms with E-state index in [4.69, 9.17) is 9.47 Å². The second kappa shape index (κ2) is 5.73. The lowest BCUT2D eigenvalue weighted by Crippen LogP contribution is -2.17. The minimum absolute atomic E-state index is 0.173. The summed E-state index contributed by atoms with van der Waals surface area (Å²) in [5, 5.41) is 0. The molecule has 0 aliphatic heterocycles. The van der Waals surface area contributed by atoms with Crippen molar-refractivity contribution >= 4 is 11.8 Å². The fourth-order valence-electron chi connectivity index (χ4n) is 1.59. The fourth-order valence-corrected chi connectivity index (χ4v) is 1.59. The summed E-state index contributed by atoms with van der Waals surface area (Å²) in [7, 11) is 1.53. The van der Waals surface area contributed by atoms with Crippen LogP contribution in [-0.4, -0.2) is 31.6 Å². The molecule has 0 saturated heterocycles. The number of Topliss-reactive ketones (excluding diaryl/α,β-unsaturated/α-hetero) is 1. The van der Waals surface area contributed by atoms with Crippen LogP contribution >= 0.6 is 0 Å². The Bertz CT molecular complexity index is 491. The van der Waals surface area contributed by atoms with E-state index in [1.54, 1.807) is 13.0 Å². The van der Waals surface area contributed by atoms with Crippen molar-refractivity contribution in [3.8, 4) is 11.5 Å². The Kier molecular flexibility index (Phi) is 4.04. The number of carbonyl (C=O) groups excluding carboxylic acids is 2. The molecule has 5 nitrogen and oxygen atoms in total. The summed E-state index contributed by atoms with van der Waals surface area (Å²) < 4.78 is 15.5. The minimum atomic E-state index is -0.856. The van der Waals surface area contributed by atoms with E-state index in [2.05, 4.69) is 4.74 Å². The monoisotopic (exact) mass is 264 g/mol. The van der Waals surface area contributed by atoms with E-state index in [9.17, 15) is 9.59 Å². The van der Waals surface area contributed by atoms with Crippen molar-refractivity contribution in [2.24, 2.45) is 0 Å². The van der Waals surface area contributed by atoms with E-state index in [1.807, 2.05) is 0 Å². The van der Waals surface area contributed by atoms with Gasteiger partial charge in [-0.25, -0.2) is 4.79 Å². The molecule has 1 aliphatic rings. The van der Waals surface area contributed by atoms with E-state index in [0.29, 0.717) is 11.5 Å². The Morgan fingerprint density at radius 1 is 1.26 bits per heavy atom. The SMILES string of the molecule is CCOC(=O)C(=O)c1ccc(OC)c(OC2CC2)c1. The van der Waals surface area contributed by atoms with Gasteiger partial charge in [0.25, 0.3) is 5.78 Å². The first kappa shape index (κ1) is 13.4. The van der Waals surface area contributed by atoms with Crippen molar-refractivity contribution in [2.75, 3.05) is 13.7 Å². The summed E-state index contributed by atoms with van der Waals surface area (Å²) in [5.74, 6) is -0.498. The molecule has 19 heavy (non-hydrogen) atoms. The van der Waals surface area contributed by atoms with Gasteiger partial charge in [0.15, 0.2) is 11.5 Å². The van der Waals surface area contributed by atoms with Crippen molar-refractivity contribution in [3.63, 3.8) is 0 Å². The number of methoxy groups -OCH3 is 1. The van der Waals surface area contributed by atoms with Gasteiger partial charge in [0.05, 0.1) is 19.8 Å². The van der Waals surface area contributed by atoms with Crippen molar-refractivity contribution in [1.29, 1.82) is 0 Å². The normalized spacial score (nSPS) is 13.8. The van der Waals surface area contributed by atoms with Crippen LogP contribution < -0.4 is 9.47 Å². The Hall–Kier alpha value is -2.04. The van der Waals surface area contributed by atoms with Crippen molar-refractivity contribution in [3.05, 3.63) is 23.8 Å². The average molecular weight is 264 g/mol. The molecule has 0 amide bonds. The van der Waals surface area contributed by atoms with E-state index < -0.39 is 11.8 Å². The molecule has 1 fully saturated rings. The number of hydrogen-bond donors (Lipinski definition) is 0. The van der Waals surface area contributed by atoms with Crippen LogP contribution in [0.1, 0.15) is 30.1 Å². The quantitative estimate of drug-likeness (QED) is 0.446. The van der Waals surface area contributed by atoms with Crippen LogP contribution in [0.2, 0.25) is 0 Å². The minimum Gasteiger partial charge on any atom is -0.493 e. The van der Waals surface area contributed by atoms with Crippen LogP contribution in [0.25, 0.3) is 0 Å². The summed E-state index contributed by atoms with van der Waals surface area (Å²) in [5.41, 5.74) is 0.245. The summed E-state index contributed by atoms with van der Waals surface area (Å²) in [4.78, 5) is 23.2. The van der Waals surface area contributed by atoms with Crippen LogP contribution in [0, 0.1) is 0 Å². The van der Waals surface area contributed by atoms with E-state index >= 15 is 0 Å². The molecule has 0 heterocycles. The molecule has 2 rings (SSSR count). The molecule has 1 aliphatic carbocycles. The lowest BCUT2D eigenvalue weighted by molar-refractivity contribution is -0.137. The van der Waals surface area contributed by atoms with Gasteiger partial charge in [-0.05, 0) is 38.0 Å². The predicted octanol–water partition coefficient (Wildman–Crippen LogP) is 1.98. The second-order valence-corrected chi connectivity index (χ2v) is 4.23.